The monoisotopic (exact) mass is 505 g/mol. The predicted molar refractivity (Wildman–Crippen MR) is 126 cm³/mol. The maximum atomic E-state index is 12.8. The summed E-state index contributed by atoms with van der Waals surface area (Å²) < 4.78 is 49.4. The van der Waals surface area contributed by atoms with Crippen molar-refractivity contribution < 1.29 is 32.2 Å². The molecule has 9 nitrogen and oxygen atoms in total. The summed E-state index contributed by atoms with van der Waals surface area (Å²) in [5.41, 5.74) is 2.21. The highest BCUT2D eigenvalue weighted by Gasteiger charge is 2.29. The van der Waals surface area contributed by atoms with Gasteiger partial charge in [-0.15, -0.1) is 0 Å². The average molecular weight is 505 g/mol. The molecule has 0 spiro atoms. The van der Waals surface area contributed by atoms with Crippen LogP contribution in [-0.4, -0.2) is 48.7 Å². The number of halogens is 3. The van der Waals surface area contributed by atoms with Gasteiger partial charge in [0.15, 0.2) is 12.3 Å². The molecule has 0 saturated heterocycles. The van der Waals surface area contributed by atoms with Crippen LogP contribution in [0.5, 0.6) is 5.75 Å². The summed E-state index contributed by atoms with van der Waals surface area (Å²) in [6.07, 6.45) is -4.51. The number of hydrogen-bond donors (Lipinski definition) is 3. The summed E-state index contributed by atoms with van der Waals surface area (Å²) in [5, 5.41) is 12.2. The molecule has 0 aliphatic carbocycles. The second-order valence-corrected chi connectivity index (χ2v) is 7.74. The van der Waals surface area contributed by atoms with Crippen LogP contribution in [0.1, 0.15) is 27.2 Å². The molecule has 2 aromatic carbocycles. The summed E-state index contributed by atoms with van der Waals surface area (Å²) in [6.45, 7) is 0.283. The van der Waals surface area contributed by atoms with Crippen LogP contribution >= 0.6 is 0 Å². The molecular formula is C24H26F3N5O4. The topological polar surface area (TPSA) is 107 Å². The lowest BCUT2D eigenvalue weighted by Crippen LogP contribution is -2.30. The number of anilines is 1. The molecule has 3 amide bonds. The number of nitrogens with one attached hydrogen (secondary N) is 3. The molecule has 3 rings (SSSR count). The number of carbonyl (C=O) groups excluding carboxylic acids is 2. The van der Waals surface area contributed by atoms with Crippen molar-refractivity contribution in [3.63, 3.8) is 0 Å². The average Bonchev–Trinajstić information content (AvgIpc) is 3.17. The molecule has 1 heterocycles. The zero-order valence-corrected chi connectivity index (χ0v) is 19.9. The molecule has 0 aliphatic rings. The van der Waals surface area contributed by atoms with Crippen molar-refractivity contribution in [3.8, 4) is 11.4 Å². The zero-order valence-electron chi connectivity index (χ0n) is 19.9. The van der Waals surface area contributed by atoms with E-state index in [0.29, 0.717) is 22.4 Å². The zero-order chi connectivity index (χ0) is 26.3. The van der Waals surface area contributed by atoms with Crippen LogP contribution < -0.4 is 20.7 Å². The molecule has 0 atom stereocenters. The summed E-state index contributed by atoms with van der Waals surface area (Å²) in [4.78, 5) is 25.1. The van der Waals surface area contributed by atoms with Crippen molar-refractivity contribution in [2.75, 3.05) is 26.1 Å². The van der Waals surface area contributed by atoms with E-state index >= 15 is 0 Å². The van der Waals surface area contributed by atoms with E-state index in [2.05, 4.69) is 21.0 Å². The van der Waals surface area contributed by atoms with Crippen molar-refractivity contribution in [2.45, 2.75) is 26.3 Å². The first-order chi connectivity index (χ1) is 17.1. The standard InChI is InChI=1S/C24H26F3N5O4/c1-15-20(22(33)28-2)31-32(18-7-5-4-6-8-18)21(15)30-23(34)29-12-17-11-16(13-35-3)9-10-19(17)36-14-24(25,26)27/h4-11H,12-14H2,1-3H3,(H,28,33)(H2,29,30,34). The van der Waals surface area contributed by atoms with E-state index < -0.39 is 24.7 Å². The summed E-state index contributed by atoms with van der Waals surface area (Å²) in [5.74, 6) is -0.175. The van der Waals surface area contributed by atoms with Gasteiger partial charge in [-0.1, -0.05) is 24.3 Å². The fourth-order valence-electron chi connectivity index (χ4n) is 3.39. The number of amides is 3. The molecule has 0 unspecified atom stereocenters. The Morgan fingerprint density at radius 1 is 1.11 bits per heavy atom. The van der Waals surface area contributed by atoms with Gasteiger partial charge >= 0.3 is 12.2 Å². The molecule has 36 heavy (non-hydrogen) atoms. The second kappa shape index (κ2) is 11.6. The minimum atomic E-state index is -4.51. The summed E-state index contributed by atoms with van der Waals surface area (Å²) in [6, 6.07) is 12.8. The minimum Gasteiger partial charge on any atom is -0.484 e. The number of urea groups is 1. The van der Waals surface area contributed by atoms with Gasteiger partial charge in [0.2, 0.25) is 0 Å². The van der Waals surface area contributed by atoms with Crippen LogP contribution in [0.15, 0.2) is 48.5 Å². The quantitative estimate of drug-likeness (QED) is 0.408. The highest BCUT2D eigenvalue weighted by atomic mass is 19.4. The lowest BCUT2D eigenvalue weighted by molar-refractivity contribution is -0.153. The Hall–Kier alpha value is -4.06. The number of alkyl halides is 3. The van der Waals surface area contributed by atoms with Crippen molar-refractivity contribution in [1.29, 1.82) is 0 Å². The normalized spacial score (nSPS) is 11.2. The fourth-order valence-corrected chi connectivity index (χ4v) is 3.39. The van der Waals surface area contributed by atoms with E-state index in [4.69, 9.17) is 9.47 Å². The molecule has 12 heteroatoms. The summed E-state index contributed by atoms with van der Waals surface area (Å²) >= 11 is 0. The van der Waals surface area contributed by atoms with Crippen molar-refractivity contribution in [1.82, 2.24) is 20.4 Å². The predicted octanol–water partition coefficient (Wildman–Crippen LogP) is 3.95. The van der Waals surface area contributed by atoms with Gasteiger partial charge in [0.05, 0.1) is 12.3 Å². The van der Waals surface area contributed by atoms with Crippen molar-refractivity contribution in [2.24, 2.45) is 0 Å². The molecule has 0 saturated carbocycles. The highest BCUT2D eigenvalue weighted by molar-refractivity contribution is 5.97. The number of aromatic nitrogens is 2. The number of ether oxygens (including phenoxy) is 2. The number of nitrogens with zero attached hydrogens (tertiary/aromatic N) is 2. The number of methoxy groups -OCH3 is 1. The third-order valence-electron chi connectivity index (χ3n) is 5.06. The van der Waals surface area contributed by atoms with Gasteiger partial charge in [-0.25, -0.2) is 9.48 Å². The Kier molecular flexibility index (Phi) is 8.54. The molecule has 1 aromatic heterocycles. The Balaban J connectivity index is 1.82. The largest absolute Gasteiger partial charge is 0.484 e. The number of hydrogen-bond acceptors (Lipinski definition) is 5. The van der Waals surface area contributed by atoms with E-state index in [1.165, 1.54) is 24.9 Å². The molecule has 0 bridgehead atoms. The van der Waals surface area contributed by atoms with E-state index in [1.807, 2.05) is 6.07 Å². The van der Waals surface area contributed by atoms with Gasteiger partial charge in [0.25, 0.3) is 5.91 Å². The second-order valence-electron chi connectivity index (χ2n) is 7.74. The van der Waals surface area contributed by atoms with Gasteiger partial charge < -0.3 is 20.1 Å². The maximum absolute atomic E-state index is 12.8. The van der Waals surface area contributed by atoms with Gasteiger partial charge in [-0.05, 0) is 36.8 Å². The van der Waals surface area contributed by atoms with Gasteiger partial charge in [0.1, 0.15) is 11.6 Å². The first kappa shape index (κ1) is 26.5. The number of carbonyl (C=O) groups is 2. The van der Waals surface area contributed by atoms with Gasteiger partial charge in [0, 0.05) is 31.8 Å². The SMILES string of the molecule is CNC(=O)c1nn(-c2ccccc2)c(NC(=O)NCc2cc(COC)ccc2OCC(F)(F)F)c1C. The van der Waals surface area contributed by atoms with Crippen LogP contribution in [-0.2, 0) is 17.9 Å². The number of benzene rings is 2. The van der Waals surface area contributed by atoms with Crippen LogP contribution in [0.2, 0.25) is 0 Å². The van der Waals surface area contributed by atoms with Crippen LogP contribution in [0.3, 0.4) is 0 Å². The molecule has 0 aliphatic heterocycles. The van der Waals surface area contributed by atoms with Crippen LogP contribution in [0.4, 0.5) is 23.8 Å². The highest BCUT2D eigenvalue weighted by Crippen LogP contribution is 2.25. The first-order valence-electron chi connectivity index (χ1n) is 10.8. The fraction of sp³-hybridized carbons (Fsp3) is 0.292. The Morgan fingerprint density at radius 3 is 2.47 bits per heavy atom. The first-order valence-corrected chi connectivity index (χ1v) is 10.8. The van der Waals surface area contributed by atoms with E-state index in [0.717, 1.165) is 0 Å². The summed E-state index contributed by atoms with van der Waals surface area (Å²) in [7, 11) is 2.96. The Labute approximate surface area is 205 Å². The Bertz CT molecular complexity index is 1210. The van der Waals surface area contributed by atoms with Crippen LogP contribution in [0, 0.1) is 6.92 Å². The van der Waals surface area contributed by atoms with E-state index in [9.17, 15) is 22.8 Å². The minimum absolute atomic E-state index is 0.0140. The maximum Gasteiger partial charge on any atom is 0.422 e. The lowest BCUT2D eigenvalue weighted by Gasteiger charge is -2.16. The number of para-hydroxylation sites is 1. The molecular weight excluding hydrogens is 479 g/mol. The van der Waals surface area contributed by atoms with E-state index in [-0.39, 0.29) is 30.4 Å². The smallest absolute Gasteiger partial charge is 0.422 e. The molecule has 3 aromatic rings. The third kappa shape index (κ3) is 6.75. The molecule has 192 valence electrons. The van der Waals surface area contributed by atoms with E-state index in [1.54, 1.807) is 43.3 Å². The van der Waals surface area contributed by atoms with Crippen molar-refractivity contribution in [3.05, 3.63) is 70.9 Å². The van der Waals surface area contributed by atoms with Gasteiger partial charge in [-0.3, -0.25) is 10.1 Å². The van der Waals surface area contributed by atoms with Crippen molar-refractivity contribution >= 4 is 17.8 Å². The lowest BCUT2D eigenvalue weighted by atomic mass is 10.1. The van der Waals surface area contributed by atoms with Crippen LogP contribution in [0.25, 0.3) is 5.69 Å². The molecule has 3 N–H and O–H groups in total. The van der Waals surface area contributed by atoms with Gasteiger partial charge in [-0.2, -0.15) is 18.3 Å². The molecule has 0 radical (unpaired) electrons. The molecule has 0 fully saturated rings. The third-order valence-corrected chi connectivity index (χ3v) is 5.06. The Morgan fingerprint density at radius 2 is 1.83 bits per heavy atom. The number of rotatable bonds is 9.